The molecule has 4 nitrogen and oxygen atoms in total. The number of amidine groups is 1. The number of fused-ring (bicyclic) bond motifs is 3. The number of amides is 1. The Labute approximate surface area is 174 Å². The van der Waals surface area contributed by atoms with E-state index in [0.29, 0.717) is 23.2 Å². The Balaban J connectivity index is 1.55. The number of rotatable bonds is 3. The van der Waals surface area contributed by atoms with Crippen LogP contribution in [0, 0.1) is 17.8 Å². The molecule has 1 aromatic heterocycles. The van der Waals surface area contributed by atoms with Crippen LogP contribution in [0.1, 0.15) is 62.5 Å². The van der Waals surface area contributed by atoms with E-state index in [0.717, 1.165) is 31.8 Å². The number of hydrogen-bond acceptors (Lipinski definition) is 2. The summed E-state index contributed by atoms with van der Waals surface area (Å²) in [4.78, 5) is 17.5. The van der Waals surface area contributed by atoms with Crippen molar-refractivity contribution in [3.63, 3.8) is 0 Å². The number of nitrogens with zero attached hydrogens (tertiary/aromatic N) is 2. The third-order valence-electron chi connectivity index (χ3n) is 6.67. The van der Waals surface area contributed by atoms with Crippen LogP contribution in [0.3, 0.4) is 0 Å². The van der Waals surface area contributed by atoms with Crippen molar-refractivity contribution < 1.29 is 4.79 Å². The SMILES string of the molecule is CCC1CCCn2c(cc3ccc(C(=O)NC4=NCCC(C(C)C)C=C4)cc32)C1. The molecular weight excluding hydrogens is 358 g/mol. The molecule has 2 aliphatic heterocycles. The van der Waals surface area contributed by atoms with Crippen molar-refractivity contribution in [1.82, 2.24) is 9.88 Å². The first kappa shape index (κ1) is 19.9. The molecule has 1 amide bonds. The highest BCUT2D eigenvalue weighted by Gasteiger charge is 2.19. The van der Waals surface area contributed by atoms with Gasteiger partial charge in [0.25, 0.3) is 5.91 Å². The quantitative estimate of drug-likeness (QED) is 0.752. The highest BCUT2D eigenvalue weighted by atomic mass is 16.1. The van der Waals surface area contributed by atoms with Gasteiger partial charge in [0.05, 0.1) is 0 Å². The van der Waals surface area contributed by atoms with Gasteiger partial charge in [-0.2, -0.15) is 0 Å². The van der Waals surface area contributed by atoms with E-state index >= 15 is 0 Å². The molecule has 0 aliphatic carbocycles. The molecule has 0 fully saturated rings. The lowest BCUT2D eigenvalue weighted by atomic mass is 9.92. The predicted octanol–water partition coefficient (Wildman–Crippen LogP) is 5.36. The second kappa shape index (κ2) is 8.56. The molecule has 3 heterocycles. The Morgan fingerprint density at radius 3 is 2.93 bits per heavy atom. The highest BCUT2D eigenvalue weighted by molar-refractivity contribution is 6.11. The minimum absolute atomic E-state index is 0.0751. The Bertz CT molecular complexity index is 950. The fourth-order valence-corrected chi connectivity index (χ4v) is 4.69. The van der Waals surface area contributed by atoms with Crippen molar-refractivity contribution in [3.05, 3.63) is 47.7 Å². The normalized spacial score (nSPS) is 22.1. The van der Waals surface area contributed by atoms with E-state index in [1.807, 2.05) is 12.1 Å². The molecule has 0 bridgehead atoms. The second-order valence-electron chi connectivity index (χ2n) is 8.96. The zero-order valence-electron chi connectivity index (χ0n) is 17.9. The number of hydrogen-bond donors (Lipinski definition) is 1. The van der Waals surface area contributed by atoms with Gasteiger partial charge >= 0.3 is 0 Å². The number of carbonyl (C=O) groups is 1. The van der Waals surface area contributed by atoms with E-state index in [9.17, 15) is 4.79 Å². The van der Waals surface area contributed by atoms with Gasteiger partial charge in [-0.1, -0.05) is 39.3 Å². The number of nitrogens with one attached hydrogen (secondary N) is 1. The number of aromatic nitrogens is 1. The van der Waals surface area contributed by atoms with Crippen molar-refractivity contribution in [1.29, 1.82) is 0 Å². The topological polar surface area (TPSA) is 46.4 Å². The Hall–Kier alpha value is -2.36. The van der Waals surface area contributed by atoms with Crippen molar-refractivity contribution in [2.24, 2.45) is 22.7 Å². The molecule has 0 radical (unpaired) electrons. The second-order valence-corrected chi connectivity index (χ2v) is 8.96. The van der Waals surface area contributed by atoms with E-state index in [1.54, 1.807) is 0 Å². The molecule has 4 heteroatoms. The first-order chi connectivity index (χ1) is 14.0. The van der Waals surface area contributed by atoms with E-state index < -0.39 is 0 Å². The monoisotopic (exact) mass is 391 g/mol. The summed E-state index contributed by atoms with van der Waals surface area (Å²) in [6.45, 7) is 8.56. The van der Waals surface area contributed by atoms with E-state index in [-0.39, 0.29) is 5.91 Å². The van der Waals surface area contributed by atoms with Crippen molar-refractivity contribution in [2.45, 2.75) is 59.4 Å². The molecular formula is C25H33N3O. The molecule has 1 aromatic carbocycles. The minimum atomic E-state index is -0.0751. The zero-order valence-corrected chi connectivity index (χ0v) is 17.9. The largest absolute Gasteiger partial charge is 0.345 e. The summed E-state index contributed by atoms with van der Waals surface area (Å²) in [6.07, 6.45) is 10.1. The van der Waals surface area contributed by atoms with Crippen LogP contribution in [0.4, 0.5) is 0 Å². The van der Waals surface area contributed by atoms with Gasteiger partial charge in [-0.3, -0.25) is 9.79 Å². The van der Waals surface area contributed by atoms with Crippen LogP contribution in [0.15, 0.2) is 41.4 Å². The third-order valence-corrected chi connectivity index (χ3v) is 6.67. The predicted molar refractivity (Wildman–Crippen MR) is 121 cm³/mol. The summed E-state index contributed by atoms with van der Waals surface area (Å²) < 4.78 is 2.43. The summed E-state index contributed by atoms with van der Waals surface area (Å²) in [7, 11) is 0. The summed E-state index contributed by atoms with van der Waals surface area (Å²) in [5.74, 6) is 2.49. The van der Waals surface area contributed by atoms with E-state index in [1.165, 1.54) is 35.9 Å². The van der Waals surface area contributed by atoms with Crippen LogP contribution in [-0.2, 0) is 13.0 Å². The maximum atomic E-state index is 12.9. The minimum Gasteiger partial charge on any atom is -0.345 e. The molecule has 2 aromatic rings. The molecule has 2 unspecified atom stereocenters. The first-order valence-corrected chi connectivity index (χ1v) is 11.2. The van der Waals surface area contributed by atoms with Crippen LogP contribution in [0.5, 0.6) is 0 Å². The number of aliphatic imine (C=N–C) groups is 1. The number of allylic oxidation sites excluding steroid dienone is 1. The van der Waals surface area contributed by atoms with Gasteiger partial charge in [0.15, 0.2) is 0 Å². The van der Waals surface area contributed by atoms with Gasteiger partial charge in [-0.25, -0.2) is 0 Å². The lowest BCUT2D eigenvalue weighted by Gasteiger charge is -2.13. The highest BCUT2D eigenvalue weighted by Crippen LogP contribution is 2.29. The summed E-state index contributed by atoms with van der Waals surface area (Å²) in [5.41, 5.74) is 3.30. The average Bonchev–Trinajstić information content (AvgIpc) is 2.87. The molecule has 0 saturated carbocycles. The smallest absolute Gasteiger partial charge is 0.256 e. The summed E-state index contributed by atoms with van der Waals surface area (Å²) in [6, 6.07) is 8.40. The fraction of sp³-hybridized carbons (Fsp3) is 0.520. The van der Waals surface area contributed by atoms with Gasteiger partial charge < -0.3 is 9.88 Å². The van der Waals surface area contributed by atoms with Gasteiger partial charge in [-0.15, -0.1) is 0 Å². The van der Waals surface area contributed by atoms with Crippen molar-refractivity contribution in [3.8, 4) is 0 Å². The van der Waals surface area contributed by atoms with Crippen LogP contribution in [-0.4, -0.2) is 22.9 Å². The van der Waals surface area contributed by atoms with Gasteiger partial charge in [0.2, 0.25) is 0 Å². The molecule has 0 spiro atoms. The summed E-state index contributed by atoms with van der Waals surface area (Å²) >= 11 is 0. The zero-order chi connectivity index (χ0) is 20.4. The van der Waals surface area contributed by atoms with Crippen LogP contribution >= 0.6 is 0 Å². The van der Waals surface area contributed by atoms with Gasteiger partial charge in [-0.05, 0) is 73.1 Å². The third kappa shape index (κ3) is 4.31. The lowest BCUT2D eigenvalue weighted by molar-refractivity contribution is 0.0977. The molecule has 2 aliphatic rings. The number of carbonyl (C=O) groups excluding carboxylic acids is 1. The standard InChI is InChI=1S/C25H33N3O/c1-4-18-6-5-13-28-22(14-18)15-20-7-8-21(16-23(20)28)25(29)27-24-10-9-19(17(2)3)11-12-26-24/h7-10,15-19H,4-6,11-14H2,1-3H3,(H,26,27,29). The Kier molecular flexibility index (Phi) is 5.89. The van der Waals surface area contributed by atoms with Crippen LogP contribution in [0.25, 0.3) is 10.9 Å². The van der Waals surface area contributed by atoms with Crippen molar-refractivity contribution >= 4 is 22.6 Å². The number of benzene rings is 1. The molecule has 1 N–H and O–H groups in total. The molecule has 29 heavy (non-hydrogen) atoms. The van der Waals surface area contributed by atoms with E-state index in [2.05, 4.69) is 59.9 Å². The lowest BCUT2D eigenvalue weighted by Crippen LogP contribution is -2.29. The molecule has 2 atom stereocenters. The summed E-state index contributed by atoms with van der Waals surface area (Å²) in [5, 5.41) is 4.25. The fourth-order valence-electron chi connectivity index (χ4n) is 4.69. The van der Waals surface area contributed by atoms with Gasteiger partial charge in [0.1, 0.15) is 5.84 Å². The Morgan fingerprint density at radius 1 is 1.28 bits per heavy atom. The molecule has 4 rings (SSSR count). The number of aryl methyl sites for hydroxylation is 1. The maximum absolute atomic E-state index is 12.9. The molecule has 154 valence electrons. The first-order valence-electron chi connectivity index (χ1n) is 11.2. The van der Waals surface area contributed by atoms with E-state index in [4.69, 9.17) is 0 Å². The molecule has 0 saturated heterocycles. The van der Waals surface area contributed by atoms with Gasteiger partial charge in [0, 0.05) is 29.9 Å². The van der Waals surface area contributed by atoms with Crippen LogP contribution < -0.4 is 5.32 Å². The van der Waals surface area contributed by atoms with Crippen molar-refractivity contribution in [2.75, 3.05) is 6.54 Å². The Morgan fingerprint density at radius 2 is 2.14 bits per heavy atom. The average molecular weight is 392 g/mol. The van der Waals surface area contributed by atoms with Crippen LogP contribution in [0.2, 0.25) is 0 Å². The maximum Gasteiger partial charge on any atom is 0.256 e.